The van der Waals surface area contributed by atoms with Gasteiger partial charge in [-0.3, -0.25) is 0 Å². The van der Waals surface area contributed by atoms with Gasteiger partial charge in [-0.2, -0.15) is 0 Å². The van der Waals surface area contributed by atoms with Gasteiger partial charge in [-0.1, -0.05) is 37.6 Å². The van der Waals surface area contributed by atoms with E-state index in [0.717, 1.165) is 47.1 Å². The lowest BCUT2D eigenvalue weighted by Gasteiger charge is -2.35. The van der Waals surface area contributed by atoms with Crippen molar-refractivity contribution in [2.24, 2.45) is 4.99 Å². The maximum atomic E-state index is 11.8. The van der Waals surface area contributed by atoms with Crippen LogP contribution < -0.4 is 0 Å². The summed E-state index contributed by atoms with van der Waals surface area (Å²) in [6, 6.07) is 13.4. The fourth-order valence-corrected chi connectivity index (χ4v) is 3.62. The van der Waals surface area contributed by atoms with Crippen molar-refractivity contribution in [3.8, 4) is 0 Å². The molecule has 1 atom stereocenters. The lowest BCUT2D eigenvalue weighted by atomic mass is 10.1. The zero-order valence-corrected chi connectivity index (χ0v) is 13.9. The summed E-state index contributed by atoms with van der Waals surface area (Å²) in [5, 5.41) is 1.71. The largest absolute Gasteiger partial charge is 0.337 e. The lowest BCUT2D eigenvalue weighted by Crippen LogP contribution is -2.38. The van der Waals surface area contributed by atoms with E-state index in [0.29, 0.717) is 0 Å². The Morgan fingerprint density at radius 1 is 1.26 bits per heavy atom. The normalized spacial score (nSPS) is 18.7. The van der Waals surface area contributed by atoms with Crippen LogP contribution in [0.4, 0.5) is 5.69 Å². The second kappa shape index (κ2) is 7.42. The molecule has 0 spiro atoms. The number of carbonyl (C=O) groups is 1. The molecule has 2 heterocycles. The van der Waals surface area contributed by atoms with E-state index in [4.69, 9.17) is 4.99 Å². The number of hydrogen-bond acceptors (Lipinski definition) is 4. The smallest absolute Gasteiger partial charge is 0.171 e. The predicted molar refractivity (Wildman–Crippen MR) is 94.1 cm³/mol. The second-order valence-corrected chi connectivity index (χ2v) is 6.31. The van der Waals surface area contributed by atoms with Crippen LogP contribution in [0.15, 0.2) is 58.7 Å². The number of aldehydes is 1. The third-order valence-electron chi connectivity index (χ3n) is 3.75. The van der Waals surface area contributed by atoms with Crippen molar-refractivity contribution in [1.29, 1.82) is 0 Å². The van der Waals surface area contributed by atoms with Gasteiger partial charge in [0.25, 0.3) is 0 Å². The fourth-order valence-electron chi connectivity index (χ4n) is 2.56. The topological polar surface area (TPSA) is 45.6 Å². The van der Waals surface area contributed by atoms with Gasteiger partial charge in [0.1, 0.15) is 17.4 Å². The minimum Gasteiger partial charge on any atom is -0.337 e. The van der Waals surface area contributed by atoms with Crippen molar-refractivity contribution in [2.45, 2.75) is 30.8 Å². The molecule has 0 saturated carbocycles. The fraction of sp³-hybridized carbons (Fsp3) is 0.278. The molecule has 0 amide bonds. The summed E-state index contributed by atoms with van der Waals surface area (Å²) in [5.41, 5.74) is 1.86. The molecule has 0 bridgehead atoms. The van der Waals surface area contributed by atoms with Gasteiger partial charge >= 0.3 is 0 Å². The van der Waals surface area contributed by atoms with Crippen LogP contribution >= 0.6 is 11.8 Å². The summed E-state index contributed by atoms with van der Waals surface area (Å²) >= 11 is 1.54. The number of thioether (sulfide) groups is 1. The first-order valence-electron chi connectivity index (χ1n) is 7.82. The average Bonchev–Trinajstić information content (AvgIpc) is 2.60. The van der Waals surface area contributed by atoms with Crippen LogP contribution in [0.5, 0.6) is 0 Å². The van der Waals surface area contributed by atoms with Crippen LogP contribution in [0, 0.1) is 0 Å². The molecule has 0 fully saturated rings. The second-order valence-electron chi connectivity index (χ2n) is 5.36. The Hall–Kier alpha value is -2.14. The zero-order valence-electron chi connectivity index (χ0n) is 13.1. The number of benzene rings is 1. The minimum atomic E-state index is -0.311. The van der Waals surface area contributed by atoms with E-state index in [1.807, 2.05) is 42.5 Å². The van der Waals surface area contributed by atoms with Crippen LogP contribution in [-0.2, 0) is 4.79 Å². The quantitative estimate of drug-likeness (QED) is 0.772. The predicted octanol–water partition coefficient (Wildman–Crippen LogP) is 4.22. The summed E-state index contributed by atoms with van der Waals surface area (Å²) in [4.78, 5) is 23.0. The van der Waals surface area contributed by atoms with Crippen LogP contribution in [0.1, 0.15) is 31.4 Å². The number of fused-ring (bicyclic) bond motifs is 1. The highest BCUT2D eigenvalue weighted by Gasteiger charge is 2.32. The van der Waals surface area contributed by atoms with Gasteiger partial charge < -0.3 is 9.69 Å². The summed E-state index contributed by atoms with van der Waals surface area (Å²) in [7, 11) is 0. The molecule has 1 unspecified atom stereocenters. The van der Waals surface area contributed by atoms with Gasteiger partial charge in [-0.05, 0) is 36.4 Å². The maximum Gasteiger partial charge on any atom is 0.171 e. The van der Waals surface area contributed by atoms with Crippen molar-refractivity contribution in [3.05, 3.63) is 54.2 Å². The molecule has 1 aromatic carbocycles. The van der Waals surface area contributed by atoms with Crippen LogP contribution in [0.25, 0.3) is 0 Å². The molecule has 4 nitrogen and oxygen atoms in total. The summed E-state index contributed by atoms with van der Waals surface area (Å²) in [6.45, 7) is 2.96. The Balaban J connectivity index is 2.02. The van der Waals surface area contributed by atoms with Gasteiger partial charge in [0.2, 0.25) is 0 Å². The minimum absolute atomic E-state index is 0.311. The number of carbonyl (C=O) groups excluding carboxylic acids is 1. The van der Waals surface area contributed by atoms with Gasteiger partial charge in [0, 0.05) is 18.3 Å². The Labute approximate surface area is 140 Å². The number of aromatic nitrogens is 1. The van der Waals surface area contributed by atoms with E-state index in [2.05, 4.69) is 16.8 Å². The highest BCUT2D eigenvalue weighted by Crippen LogP contribution is 2.38. The summed E-state index contributed by atoms with van der Waals surface area (Å²) < 4.78 is 0. The van der Waals surface area contributed by atoms with Gasteiger partial charge in [0.05, 0.1) is 5.69 Å². The SMILES string of the molecule is CCCCN1C(=Nc2ccccc2)Sc2ncccc2C1C=O. The molecule has 3 rings (SSSR count). The molecule has 5 heteroatoms. The van der Waals surface area contributed by atoms with Gasteiger partial charge in [-0.25, -0.2) is 9.98 Å². The molecule has 1 aliphatic rings. The van der Waals surface area contributed by atoms with Crippen LogP contribution in [0.3, 0.4) is 0 Å². The third-order valence-corrected chi connectivity index (χ3v) is 4.79. The molecule has 2 aromatic rings. The number of unbranched alkanes of at least 4 members (excludes halogenated alkanes) is 1. The molecule has 118 valence electrons. The van der Waals surface area contributed by atoms with Gasteiger partial charge in [0.15, 0.2) is 5.17 Å². The monoisotopic (exact) mass is 325 g/mol. The molecular formula is C18H19N3OS. The van der Waals surface area contributed by atoms with Gasteiger partial charge in [-0.15, -0.1) is 0 Å². The van der Waals surface area contributed by atoms with E-state index >= 15 is 0 Å². The Morgan fingerprint density at radius 3 is 2.83 bits per heavy atom. The molecule has 23 heavy (non-hydrogen) atoms. The number of rotatable bonds is 5. The van der Waals surface area contributed by atoms with Crippen LogP contribution in [-0.4, -0.2) is 27.9 Å². The molecule has 0 aliphatic carbocycles. The number of para-hydroxylation sites is 1. The number of nitrogens with zero attached hydrogens (tertiary/aromatic N) is 3. The number of pyridine rings is 1. The molecule has 0 saturated heterocycles. The standard InChI is InChI=1S/C18H19N3OS/c1-2-3-12-21-16(13-22)15-10-7-11-19-17(15)23-18(21)20-14-8-5-4-6-9-14/h4-11,13,16H,2-3,12H2,1H3. The number of hydrogen-bond donors (Lipinski definition) is 0. The summed E-state index contributed by atoms with van der Waals surface area (Å²) in [6.07, 6.45) is 4.85. The number of aliphatic imine (C=N–C) groups is 1. The molecular weight excluding hydrogens is 306 g/mol. The van der Waals surface area contributed by atoms with Crippen molar-refractivity contribution >= 4 is 28.9 Å². The maximum absolute atomic E-state index is 11.8. The van der Waals surface area contributed by atoms with E-state index in [1.54, 1.807) is 6.20 Å². The third kappa shape index (κ3) is 3.45. The average molecular weight is 325 g/mol. The van der Waals surface area contributed by atoms with Crippen LogP contribution in [0.2, 0.25) is 0 Å². The Bertz CT molecular complexity index is 702. The first-order chi connectivity index (χ1) is 11.3. The van der Waals surface area contributed by atoms with E-state index in [1.165, 1.54) is 11.8 Å². The van der Waals surface area contributed by atoms with Crippen molar-refractivity contribution in [2.75, 3.05) is 6.54 Å². The zero-order chi connectivity index (χ0) is 16.1. The van der Waals surface area contributed by atoms with E-state index < -0.39 is 0 Å². The molecule has 1 aliphatic heterocycles. The Kier molecular flexibility index (Phi) is 5.08. The van der Waals surface area contributed by atoms with E-state index in [-0.39, 0.29) is 6.04 Å². The highest BCUT2D eigenvalue weighted by molar-refractivity contribution is 8.13. The van der Waals surface area contributed by atoms with Crippen molar-refractivity contribution < 1.29 is 4.79 Å². The van der Waals surface area contributed by atoms with Crippen molar-refractivity contribution in [1.82, 2.24) is 9.88 Å². The lowest BCUT2D eigenvalue weighted by molar-refractivity contribution is -0.111. The number of amidine groups is 1. The summed E-state index contributed by atoms with van der Waals surface area (Å²) in [5.74, 6) is 0. The Morgan fingerprint density at radius 2 is 2.09 bits per heavy atom. The van der Waals surface area contributed by atoms with E-state index in [9.17, 15) is 4.79 Å². The first kappa shape index (κ1) is 15.7. The highest BCUT2D eigenvalue weighted by atomic mass is 32.2. The first-order valence-corrected chi connectivity index (χ1v) is 8.63. The molecule has 0 radical (unpaired) electrons. The molecule has 0 N–H and O–H groups in total. The van der Waals surface area contributed by atoms with Crippen molar-refractivity contribution in [3.63, 3.8) is 0 Å². The molecule has 1 aromatic heterocycles.